The molecule has 19 heavy (non-hydrogen) atoms. The summed E-state index contributed by atoms with van der Waals surface area (Å²) in [7, 11) is 0. The maximum atomic E-state index is 11.7. The number of aliphatic carboxylic acids is 1. The first-order valence-electron chi connectivity index (χ1n) is 7.39. The van der Waals surface area contributed by atoms with E-state index < -0.39 is 5.97 Å². The van der Waals surface area contributed by atoms with Crippen LogP contribution in [0.4, 0.5) is 4.79 Å². The summed E-state index contributed by atoms with van der Waals surface area (Å²) in [6, 6.07) is -0.0342. The normalized spacial score (nSPS) is 20.3. The van der Waals surface area contributed by atoms with Crippen molar-refractivity contribution in [2.75, 3.05) is 19.6 Å². The lowest BCUT2D eigenvalue weighted by atomic mass is 9.97. The smallest absolute Gasteiger partial charge is 0.317 e. The van der Waals surface area contributed by atoms with Crippen LogP contribution in [0.3, 0.4) is 0 Å². The predicted molar refractivity (Wildman–Crippen MR) is 71.9 cm³/mol. The molecule has 0 unspecified atom stereocenters. The minimum absolute atomic E-state index is 0.0342. The number of nitrogens with zero attached hydrogens (tertiary/aromatic N) is 1. The maximum absolute atomic E-state index is 11.7. The maximum Gasteiger partial charge on any atom is 0.317 e. The van der Waals surface area contributed by atoms with Crippen LogP contribution < -0.4 is 5.32 Å². The SMILES string of the molecule is O=C(O)CC1CN(C(=O)NCCCC2CCCC2)C1. The molecule has 2 fully saturated rings. The van der Waals surface area contributed by atoms with Gasteiger partial charge >= 0.3 is 12.0 Å². The standard InChI is InChI=1S/C14H24N2O3/c17-13(18)8-12-9-16(10-12)14(19)15-7-3-6-11-4-1-2-5-11/h11-12H,1-10H2,(H,15,19)(H,17,18). The van der Waals surface area contributed by atoms with E-state index in [1.165, 1.54) is 32.1 Å². The Labute approximate surface area is 114 Å². The van der Waals surface area contributed by atoms with Gasteiger partial charge in [0.05, 0.1) is 6.42 Å². The number of rotatable bonds is 6. The summed E-state index contributed by atoms with van der Waals surface area (Å²) < 4.78 is 0. The van der Waals surface area contributed by atoms with E-state index in [1.807, 2.05) is 0 Å². The lowest BCUT2D eigenvalue weighted by Gasteiger charge is -2.38. The zero-order valence-electron chi connectivity index (χ0n) is 11.4. The van der Waals surface area contributed by atoms with Gasteiger partial charge in [0, 0.05) is 25.6 Å². The molecule has 1 heterocycles. The van der Waals surface area contributed by atoms with Crippen molar-refractivity contribution in [2.24, 2.45) is 11.8 Å². The monoisotopic (exact) mass is 268 g/mol. The Morgan fingerprint density at radius 3 is 2.47 bits per heavy atom. The fourth-order valence-electron chi connectivity index (χ4n) is 3.11. The number of amides is 2. The first-order chi connectivity index (χ1) is 9.15. The lowest BCUT2D eigenvalue weighted by molar-refractivity contribution is -0.139. The minimum Gasteiger partial charge on any atom is -0.481 e. The second-order valence-electron chi connectivity index (χ2n) is 5.89. The molecule has 0 radical (unpaired) electrons. The molecule has 1 aliphatic heterocycles. The zero-order valence-corrected chi connectivity index (χ0v) is 11.4. The van der Waals surface area contributed by atoms with Crippen LogP contribution in [0.25, 0.3) is 0 Å². The van der Waals surface area contributed by atoms with Crippen molar-refractivity contribution in [1.29, 1.82) is 0 Å². The van der Waals surface area contributed by atoms with Crippen molar-refractivity contribution in [3.63, 3.8) is 0 Å². The average Bonchev–Trinajstić information content (AvgIpc) is 2.81. The molecule has 108 valence electrons. The third kappa shape index (κ3) is 4.40. The van der Waals surface area contributed by atoms with Gasteiger partial charge in [0.15, 0.2) is 0 Å². The van der Waals surface area contributed by atoms with Gasteiger partial charge in [0.25, 0.3) is 0 Å². The number of nitrogens with one attached hydrogen (secondary N) is 1. The molecule has 0 spiro atoms. The molecule has 0 atom stereocenters. The first kappa shape index (κ1) is 14.2. The van der Waals surface area contributed by atoms with E-state index >= 15 is 0 Å². The van der Waals surface area contributed by atoms with E-state index in [4.69, 9.17) is 5.11 Å². The number of hydrogen-bond acceptors (Lipinski definition) is 2. The first-order valence-corrected chi connectivity index (χ1v) is 7.39. The molecule has 1 saturated carbocycles. The Bertz CT molecular complexity index is 321. The van der Waals surface area contributed by atoms with E-state index in [2.05, 4.69) is 5.32 Å². The molecule has 5 nitrogen and oxygen atoms in total. The summed E-state index contributed by atoms with van der Waals surface area (Å²) in [5, 5.41) is 11.6. The van der Waals surface area contributed by atoms with Crippen molar-refractivity contribution in [3.8, 4) is 0 Å². The second kappa shape index (κ2) is 6.78. The number of carboxylic acid groups (broad SMARTS) is 1. The summed E-state index contributed by atoms with van der Waals surface area (Å²) >= 11 is 0. The molecule has 1 aliphatic carbocycles. The van der Waals surface area contributed by atoms with E-state index in [9.17, 15) is 9.59 Å². The highest BCUT2D eigenvalue weighted by Gasteiger charge is 2.31. The third-order valence-electron chi connectivity index (χ3n) is 4.25. The summed E-state index contributed by atoms with van der Waals surface area (Å²) in [6.45, 7) is 1.91. The fraction of sp³-hybridized carbons (Fsp3) is 0.857. The van der Waals surface area contributed by atoms with Gasteiger partial charge in [-0.15, -0.1) is 0 Å². The summed E-state index contributed by atoms with van der Waals surface area (Å²) in [5.41, 5.74) is 0. The molecule has 0 aromatic carbocycles. The van der Waals surface area contributed by atoms with Gasteiger partial charge in [0.1, 0.15) is 0 Å². The number of likely N-dealkylation sites (tertiary alicyclic amines) is 1. The number of carboxylic acids is 1. The van der Waals surface area contributed by atoms with Crippen LogP contribution in [-0.2, 0) is 4.79 Å². The van der Waals surface area contributed by atoms with Crippen molar-refractivity contribution < 1.29 is 14.7 Å². The van der Waals surface area contributed by atoms with Gasteiger partial charge in [-0.25, -0.2) is 4.79 Å². The number of hydrogen-bond donors (Lipinski definition) is 2. The molecular weight excluding hydrogens is 244 g/mol. The fourth-order valence-corrected chi connectivity index (χ4v) is 3.11. The van der Waals surface area contributed by atoms with E-state index in [1.54, 1.807) is 4.90 Å². The molecule has 1 saturated heterocycles. The molecule has 2 aliphatic rings. The van der Waals surface area contributed by atoms with Crippen LogP contribution in [0.2, 0.25) is 0 Å². The van der Waals surface area contributed by atoms with Crippen molar-refractivity contribution in [2.45, 2.75) is 44.9 Å². The quantitative estimate of drug-likeness (QED) is 0.725. The van der Waals surface area contributed by atoms with Crippen LogP contribution in [-0.4, -0.2) is 41.6 Å². The Morgan fingerprint density at radius 1 is 1.16 bits per heavy atom. The number of urea groups is 1. The Balaban J connectivity index is 1.50. The van der Waals surface area contributed by atoms with Crippen molar-refractivity contribution in [3.05, 3.63) is 0 Å². The van der Waals surface area contributed by atoms with Gasteiger partial charge in [-0.2, -0.15) is 0 Å². The Morgan fingerprint density at radius 2 is 1.84 bits per heavy atom. The minimum atomic E-state index is -0.776. The molecule has 0 aromatic rings. The van der Waals surface area contributed by atoms with Gasteiger partial charge in [-0.05, 0) is 18.8 Å². The molecule has 2 rings (SSSR count). The molecule has 2 amide bonds. The average molecular weight is 268 g/mol. The summed E-state index contributed by atoms with van der Waals surface area (Å²) in [6.07, 6.45) is 7.91. The number of carbonyl (C=O) groups excluding carboxylic acids is 1. The Kier molecular flexibility index (Phi) is 5.05. The molecule has 0 bridgehead atoms. The van der Waals surface area contributed by atoms with Crippen molar-refractivity contribution >= 4 is 12.0 Å². The highest BCUT2D eigenvalue weighted by molar-refractivity contribution is 5.75. The van der Waals surface area contributed by atoms with Crippen LogP contribution >= 0.6 is 0 Å². The zero-order chi connectivity index (χ0) is 13.7. The van der Waals surface area contributed by atoms with Gasteiger partial charge < -0.3 is 15.3 Å². The predicted octanol–water partition coefficient (Wildman–Crippen LogP) is 2.07. The highest BCUT2D eigenvalue weighted by Crippen LogP contribution is 2.28. The summed E-state index contributed by atoms with van der Waals surface area (Å²) in [5.74, 6) is 0.240. The van der Waals surface area contributed by atoms with E-state index in [0.29, 0.717) is 13.1 Å². The van der Waals surface area contributed by atoms with E-state index in [0.717, 1.165) is 18.9 Å². The highest BCUT2D eigenvalue weighted by atomic mass is 16.4. The van der Waals surface area contributed by atoms with Gasteiger partial charge in [-0.3, -0.25) is 4.79 Å². The van der Waals surface area contributed by atoms with Crippen LogP contribution in [0, 0.1) is 11.8 Å². The Hall–Kier alpha value is -1.26. The topological polar surface area (TPSA) is 69.6 Å². The van der Waals surface area contributed by atoms with E-state index in [-0.39, 0.29) is 18.4 Å². The van der Waals surface area contributed by atoms with Crippen LogP contribution in [0.5, 0.6) is 0 Å². The molecule has 0 aromatic heterocycles. The van der Waals surface area contributed by atoms with Gasteiger partial charge in [-0.1, -0.05) is 25.7 Å². The second-order valence-corrected chi connectivity index (χ2v) is 5.89. The van der Waals surface area contributed by atoms with Crippen LogP contribution in [0.1, 0.15) is 44.9 Å². The molecule has 2 N–H and O–H groups in total. The molecule has 5 heteroatoms. The molecular formula is C14H24N2O3. The summed E-state index contributed by atoms with van der Waals surface area (Å²) in [4.78, 5) is 23.9. The van der Waals surface area contributed by atoms with Crippen molar-refractivity contribution in [1.82, 2.24) is 10.2 Å². The third-order valence-corrected chi connectivity index (χ3v) is 4.25. The lowest BCUT2D eigenvalue weighted by Crippen LogP contribution is -2.54. The number of carbonyl (C=O) groups is 2. The largest absolute Gasteiger partial charge is 0.481 e. The van der Waals surface area contributed by atoms with Gasteiger partial charge in [0.2, 0.25) is 0 Å². The van der Waals surface area contributed by atoms with Crippen LogP contribution in [0.15, 0.2) is 0 Å².